The summed E-state index contributed by atoms with van der Waals surface area (Å²) in [5, 5.41) is 77.5. The van der Waals surface area contributed by atoms with Crippen LogP contribution in [0.25, 0.3) is 0 Å². The number of carboxylic acids is 1. The Kier molecular flexibility index (Phi) is 7.65. The van der Waals surface area contributed by atoms with Crippen molar-refractivity contribution in [1.29, 1.82) is 0 Å². The van der Waals surface area contributed by atoms with Gasteiger partial charge in [-0.1, -0.05) is 0 Å². The van der Waals surface area contributed by atoms with Crippen molar-refractivity contribution in [2.24, 2.45) is 5.73 Å². The minimum Gasteiger partial charge on any atom is -0.478 e. The smallest absolute Gasteiger partial charge is 0.347 e. The van der Waals surface area contributed by atoms with Crippen molar-refractivity contribution in [2.75, 3.05) is 19.8 Å². The molecular formula is C14H25NO13. The maximum atomic E-state index is 10.7. The first-order chi connectivity index (χ1) is 13.1. The van der Waals surface area contributed by atoms with E-state index in [9.17, 15) is 35.4 Å². The average Bonchev–Trinajstić information content (AvgIpc) is 2.92. The van der Waals surface area contributed by atoms with Crippen LogP contribution < -0.4 is 5.73 Å². The van der Waals surface area contributed by atoms with E-state index in [1.807, 2.05) is 0 Å². The zero-order valence-corrected chi connectivity index (χ0v) is 14.5. The molecule has 2 saturated heterocycles. The summed E-state index contributed by atoms with van der Waals surface area (Å²) in [7, 11) is 0. The molecule has 0 amide bonds. The minimum atomic E-state index is -2.32. The normalized spacial score (nSPS) is 45.1. The van der Waals surface area contributed by atoms with Gasteiger partial charge in [-0.15, -0.1) is 0 Å². The van der Waals surface area contributed by atoms with Crippen LogP contribution in [-0.4, -0.2) is 128 Å². The Bertz CT molecular complexity index is 537. The lowest BCUT2D eigenvalue weighted by atomic mass is 9.99. The van der Waals surface area contributed by atoms with Crippen molar-refractivity contribution in [1.82, 2.24) is 0 Å². The Morgan fingerprint density at radius 2 is 1.68 bits per heavy atom. The van der Waals surface area contributed by atoms with Gasteiger partial charge < -0.3 is 59.8 Å². The van der Waals surface area contributed by atoms with E-state index in [0.717, 1.165) is 0 Å². The number of ether oxygens (including phenoxy) is 4. The highest BCUT2D eigenvalue weighted by Gasteiger charge is 2.58. The zero-order valence-electron chi connectivity index (χ0n) is 14.5. The van der Waals surface area contributed by atoms with Gasteiger partial charge in [0.15, 0.2) is 6.29 Å². The van der Waals surface area contributed by atoms with E-state index >= 15 is 0 Å². The second-order valence-corrected chi connectivity index (χ2v) is 6.47. The summed E-state index contributed by atoms with van der Waals surface area (Å²) < 4.78 is 20.5. The predicted octanol–water partition coefficient (Wildman–Crippen LogP) is -6.00. The second-order valence-electron chi connectivity index (χ2n) is 6.47. The molecule has 0 spiro atoms. The van der Waals surface area contributed by atoms with Gasteiger partial charge in [0.1, 0.15) is 49.3 Å². The summed E-state index contributed by atoms with van der Waals surface area (Å²) in [6.07, 6.45) is -15.2. The van der Waals surface area contributed by atoms with E-state index in [1.165, 1.54) is 0 Å². The summed E-state index contributed by atoms with van der Waals surface area (Å²) in [6, 6.07) is 0. The molecule has 10 N–H and O–H groups in total. The fraction of sp³-hybridized carbons (Fsp3) is 0.929. The fourth-order valence-electron chi connectivity index (χ4n) is 2.89. The summed E-state index contributed by atoms with van der Waals surface area (Å²) in [5.41, 5.74) is 5.17. The molecule has 14 heteroatoms. The third-order valence-electron chi connectivity index (χ3n) is 4.57. The zero-order chi connectivity index (χ0) is 21.2. The van der Waals surface area contributed by atoms with E-state index in [0.29, 0.717) is 0 Å². The molecule has 0 aromatic carbocycles. The van der Waals surface area contributed by atoms with E-state index < -0.39 is 86.8 Å². The molecule has 164 valence electrons. The molecule has 10 atom stereocenters. The molecule has 1 unspecified atom stereocenters. The van der Waals surface area contributed by atoms with E-state index in [1.54, 1.807) is 0 Å². The molecule has 2 fully saturated rings. The van der Waals surface area contributed by atoms with E-state index in [2.05, 4.69) is 0 Å². The Hall–Kier alpha value is -1.01. The van der Waals surface area contributed by atoms with Crippen LogP contribution in [-0.2, 0) is 23.7 Å². The second kappa shape index (κ2) is 9.21. The fourth-order valence-corrected chi connectivity index (χ4v) is 2.89. The van der Waals surface area contributed by atoms with Crippen LogP contribution in [0.1, 0.15) is 0 Å². The molecule has 2 aliphatic heterocycles. The summed E-state index contributed by atoms with van der Waals surface area (Å²) in [4.78, 5) is 10.7. The molecule has 0 aromatic heterocycles. The summed E-state index contributed by atoms with van der Waals surface area (Å²) in [5.74, 6) is -3.81. The van der Waals surface area contributed by atoms with Crippen LogP contribution in [0, 0.1) is 0 Å². The Morgan fingerprint density at radius 3 is 2.18 bits per heavy atom. The number of carboxylic acid groups (broad SMARTS) is 1. The molecule has 0 radical (unpaired) electrons. The number of rotatable bonds is 8. The molecule has 0 bridgehead atoms. The third-order valence-corrected chi connectivity index (χ3v) is 4.57. The van der Waals surface area contributed by atoms with Crippen molar-refractivity contribution in [3.05, 3.63) is 0 Å². The highest BCUT2D eigenvalue weighted by molar-refractivity contribution is 5.71. The predicted molar refractivity (Wildman–Crippen MR) is 83.1 cm³/mol. The molecule has 14 nitrogen and oxygen atoms in total. The van der Waals surface area contributed by atoms with Gasteiger partial charge in [-0.3, -0.25) is 5.73 Å². The van der Waals surface area contributed by atoms with Crippen LogP contribution in [0.3, 0.4) is 0 Å². The number of carbonyl (C=O) groups is 1. The lowest BCUT2D eigenvalue weighted by Gasteiger charge is -2.43. The Balaban J connectivity index is 2.13. The van der Waals surface area contributed by atoms with Gasteiger partial charge in [0.2, 0.25) is 12.0 Å². The molecule has 0 aliphatic carbocycles. The van der Waals surface area contributed by atoms with E-state index in [-0.39, 0.29) is 0 Å². The highest BCUT2D eigenvalue weighted by atomic mass is 16.8. The van der Waals surface area contributed by atoms with Gasteiger partial charge in [-0.25, -0.2) is 4.79 Å². The third kappa shape index (κ3) is 4.43. The largest absolute Gasteiger partial charge is 0.478 e. The van der Waals surface area contributed by atoms with Crippen LogP contribution in [0.5, 0.6) is 0 Å². The molecule has 2 rings (SSSR count). The van der Waals surface area contributed by atoms with Crippen molar-refractivity contribution in [3.8, 4) is 0 Å². The molecule has 2 heterocycles. The van der Waals surface area contributed by atoms with E-state index in [4.69, 9.17) is 34.9 Å². The quantitative estimate of drug-likeness (QED) is 0.168. The molecule has 2 aliphatic rings. The monoisotopic (exact) mass is 415 g/mol. The number of aliphatic carboxylic acids is 1. The van der Waals surface area contributed by atoms with Crippen molar-refractivity contribution in [2.45, 2.75) is 61.0 Å². The Morgan fingerprint density at radius 1 is 1.04 bits per heavy atom. The van der Waals surface area contributed by atoms with Crippen molar-refractivity contribution < 1.29 is 64.6 Å². The lowest BCUT2D eigenvalue weighted by Crippen LogP contribution is -2.63. The number of nitrogens with two attached hydrogens (primary N) is 1. The van der Waals surface area contributed by atoms with Crippen LogP contribution in [0.15, 0.2) is 0 Å². The van der Waals surface area contributed by atoms with Gasteiger partial charge in [-0.05, 0) is 0 Å². The number of aliphatic hydroxyl groups is 7. The number of aliphatic hydroxyl groups excluding tert-OH is 7. The first-order valence-corrected chi connectivity index (χ1v) is 8.31. The SMILES string of the molecule is NC(OC[C@H]1O[C@H](O[C@]2(CO)O[C@H](CO)[C@@H](O)[C@@H]2O)[C@H](O)[C@@H](O)[C@@H]1O)C(=O)O. The van der Waals surface area contributed by atoms with Crippen LogP contribution in [0.2, 0.25) is 0 Å². The first-order valence-electron chi connectivity index (χ1n) is 8.31. The van der Waals surface area contributed by atoms with Crippen molar-refractivity contribution >= 4 is 5.97 Å². The molecular weight excluding hydrogens is 390 g/mol. The van der Waals surface area contributed by atoms with Gasteiger partial charge in [-0.2, -0.15) is 0 Å². The molecule has 0 aromatic rings. The maximum absolute atomic E-state index is 10.7. The average molecular weight is 415 g/mol. The first kappa shape index (κ1) is 23.3. The highest BCUT2D eigenvalue weighted by Crippen LogP contribution is 2.35. The van der Waals surface area contributed by atoms with Crippen LogP contribution >= 0.6 is 0 Å². The lowest BCUT2D eigenvalue weighted by molar-refractivity contribution is -0.384. The maximum Gasteiger partial charge on any atom is 0.347 e. The van der Waals surface area contributed by atoms with Gasteiger partial charge in [0, 0.05) is 0 Å². The molecule has 0 saturated carbocycles. The summed E-state index contributed by atoms with van der Waals surface area (Å²) in [6.45, 7) is -2.37. The standard InChI is InChI=1S/C14H25NO13/c15-11(12(23)24)25-2-5-6(18)8(20)9(21)13(26-5)28-14(3-17)10(22)7(19)4(1-16)27-14/h4-11,13,16-22H,1-3,15H2,(H,23,24)/t4-,5-,6-,7-,8+,9-,10+,11?,13-,14+/m1/s1. The number of hydrogen-bond donors (Lipinski definition) is 9. The van der Waals surface area contributed by atoms with Gasteiger partial charge >= 0.3 is 5.97 Å². The number of hydrogen-bond acceptors (Lipinski definition) is 13. The topological polar surface area (TPSA) is 242 Å². The van der Waals surface area contributed by atoms with Crippen molar-refractivity contribution in [3.63, 3.8) is 0 Å². The van der Waals surface area contributed by atoms with Crippen LogP contribution in [0.4, 0.5) is 0 Å². The van der Waals surface area contributed by atoms with Gasteiger partial charge in [0.05, 0.1) is 13.2 Å². The Labute approximate surface area is 158 Å². The minimum absolute atomic E-state index is 0.615. The summed E-state index contributed by atoms with van der Waals surface area (Å²) >= 11 is 0. The van der Waals surface area contributed by atoms with Gasteiger partial charge in [0.25, 0.3) is 0 Å². The molecule has 28 heavy (non-hydrogen) atoms.